The third-order valence-electron chi connectivity index (χ3n) is 1.99. The Hall–Kier alpha value is -1.98. The molecule has 1 aliphatic rings. The quantitative estimate of drug-likeness (QED) is 0.655. The van der Waals surface area contributed by atoms with Crippen LogP contribution in [0, 0.1) is 0 Å². The zero-order chi connectivity index (χ0) is 12.1. The van der Waals surface area contributed by atoms with Gasteiger partial charge >= 0.3 is 11.9 Å². The van der Waals surface area contributed by atoms with Crippen molar-refractivity contribution in [1.82, 2.24) is 0 Å². The fourth-order valence-corrected chi connectivity index (χ4v) is 1.16. The number of carbonyl (C=O) groups excluding carboxylic acids is 2. The summed E-state index contributed by atoms with van der Waals surface area (Å²) in [5, 5.41) is 0. The fourth-order valence-electron chi connectivity index (χ4n) is 1.16. The zero-order valence-corrected chi connectivity index (χ0v) is 9.23. The van der Waals surface area contributed by atoms with Gasteiger partial charge in [0, 0.05) is 6.42 Å². The molecule has 1 heterocycles. The van der Waals surface area contributed by atoms with Crippen molar-refractivity contribution in [1.29, 1.82) is 0 Å². The zero-order valence-electron chi connectivity index (χ0n) is 9.23. The molecule has 0 atom stereocenters. The molecule has 0 aliphatic carbocycles. The maximum absolute atomic E-state index is 11.3. The first-order chi connectivity index (χ1) is 7.63. The summed E-state index contributed by atoms with van der Waals surface area (Å²) in [6, 6.07) is 0. The van der Waals surface area contributed by atoms with Crippen molar-refractivity contribution in [3.05, 3.63) is 23.4 Å². The van der Waals surface area contributed by atoms with Gasteiger partial charge in [-0.15, -0.1) is 0 Å². The van der Waals surface area contributed by atoms with Crippen LogP contribution in [-0.2, 0) is 28.5 Å². The van der Waals surface area contributed by atoms with Gasteiger partial charge in [-0.2, -0.15) is 0 Å². The van der Waals surface area contributed by atoms with Crippen LogP contribution >= 0.6 is 0 Å². The number of methoxy groups -OCH3 is 3. The normalized spacial score (nSPS) is 14.8. The Kier molecular flexibility index (Phi) is 3.93. The topological polar surface area (TPSA) is 71.1 Å². The minimum absolute atomic E-state index is 0.0577. The van der Waals surface area contributed by atoms with Gasteiger partial charge in [-0.05, 0) is 0 Å². The lowest BCUT2D eigenvalue weighted by molar-refractivity contribution is -0.141. The molecule has 1 aliphatic heterocycles. The summed E-state index contributed by atoms with van der Waals surface area (Å²) in [6.07, 6.45) is 1.29. The van der Waals surface area contributed by atoms with Gasteiger partial charge in [0.15, 0.2) is 5.76 Å². The Morgan fingerprint density at radius 3 is 2.31 bits per heavy atom. The average Bonchev–Trinajstić information content (AvgIpc) is 2.35. The molecule has 1 rings (SSSR count). The van der Waals surface area contributed by atoms with E-state index in [-0.39, 0.29) is 23.5 Å². The molecule has 0 saturated heterocycles. The average molecular weight is 228 g/mol. The smallest absolute Gasteiger partial charge is 0.377 e. The lowest BCUT2D eigenvalue weighted by Crippen LogP contribution is -2.17. The fraction of sp³-hybridized carbons (Fsp3) is 0.400. The molecular weight excluding hydrogens is 216 g/mol. The van der Waals surface area contributed by atoms with Gasteiger partial charge in [0.25, 0.3) is 0 Å². The van der Waals surface area contributed by atoms with Crippen molar-refractivity contribution in [2.75, 3.05) is 21.3 Å². The van der Waals surface area contributed by atoms with Gasteiger partial charge in [0.2, 0.25) is 5.76 Å². The first-order valence-electron chi connectivity index (χ1n) is 4.43. The molecule has 0 aromatic rings. The van der Waals surface area contributed by atoms with Gasteiger partial charge in [0.05, 0.1) is 26.9 Å². The Morgan fingerprint density at radius 1 is 1.19 bits per heavy atom. The van der Waals surface area contributed by atoms with E-state index in [4.69, 9.17) is 9.47 Å². The van der Waals surface area contributed by atoms with Crippen LogP contribution in [0.1, 0.15) is 6.42 Å². The van der Waals surface area contributed by atoms with Gasteiger partial charge in [-0.25, -0.2) is 9.59 Å². The van der Waals surface area contributed by atoms with Crippen LogP contribution in [0.5, 0.6) is 0 Å². The third-order valence-corrected chi connectivity index (χ3v) is 1.99. The van der Waals surface area contributed by atoms with Crippen LogP contribution in [0.4, 0.5) is 0 Å². The van der Waals surface area contributed by atoms with E-state index in [1.54, 1.807) is 0 Å². The lowest BCUT2D eigenvalue weighted by atomic mass is 10.1. The molecule has 0 aromatic heterocycles. The van der Waals surface area contributed by atoms with E-state index in [0.717, 1.165) is 6.26 Å². The molecule has 0 aromatic carbocycles. The Labute approximate surface area is 92.4 Å². The summed E-state index contributed by atoms with van der Waals surface area (Å²) in [7, 11) is 3.86. The van der Waals surface area contributed by atoms with E-state index in [0.29, 0.717) is 0 Å². The molecular formula is C10H12O6. The number of rotatable bonds is 3. The van der Waals surface area contributed by atoms with Crippen molar-refractivity contribution in [3.8, 4) is 0 Å². The van der Waals surface area contributed by atoms with Gasteiger partial charge in [0.1, 0.15) is 6.26 Å². The molecule has 88 valence electrons. The molecule has 0 N–H and O–H groups in total. The van der Waals surface area contributed by atoms with Crippen molar-refractivity contribution >= 4 is 11.9 Å². The number of carbonyl (C=O) groups is 2. The van der Waals surface area contributed by atoms with Gasteiger partial charge in [-0.1, -0.05) is 0 Å². The summed E-state index contributed by atoms with van der Waals surface area (Å²) in [5.74, 6) is -1.01. The van der Waals surface area contributed by atoms with E-state index in [2.05, 4.69) is 9.47 Å². The summed E-state index contributed by atoms with van der Waals surface area (Å²) in [4.78, 5) is 22.5. The molecule has 6 heteroatoms. The van der Waals surface area contributed by atoms with E-state index in [9.17, 15) is 9.59 Å². The Morgan fingerprint density at radius 2 is 1.81 bits per heavy atom. The summed E-state index contributed by atoms with van der Waals surface area (Å²) in [5.41, 5.74) is 0.270. The second-order valence-corrected chi connectivity index (χ2v) is 2.88. The summed E-state index contributed by atoms with van der Waals surface area (Å²) in [6.45, 7) is 0. The first kappa shape index (κ1) is 12.1. The highest BCUT2D eigenvalue weighted by Crippen LogP contribution is 2.24. The number of hydrogen-bond acceptors (Lipinski definition) is 6. The number of esters is 2. The second-order valence-electron chi connectivity index (χ2n) is 2.88. The maximum Gasteiger partial charge on any atom is 0.377 e. The predicted octanol–water partition coefficient (Wildman–Crippen LogP) is 0.495. The first-order valence-corrected chi connectivity index (χ1v) is 4.43. The maximum atomic E-state index is 11.3. The molecule has 0 radical (unpaired) electrons. The van der Waals surface area contributed by atoms with E-state index < -0.39 is 11.9 Å². The number of hydrogen-bond donors (Lipinski definition) is 0. The number of allylic oxidation sites excluding steroid dienone is 1. The molecule has 0 bridgehead atoms. The number of ether oxygens (including phenoxy) is 4. The molecule has 0 unspecified atom stereocenters. The highest BCUT2D eigenvalue weighted by atomic mass is 16.6. The minimum atomic E-state index is -0.656. The second kappa shape index (κ2) is 5.20. The van der Waals surface area contributed by atoms with Crippen molar-refractivity contribution < 1.29 is 28.5 Å². The molecule has 6 nitrogen and oxygen atoms in total. The van der Waals surface area contributed by atoms with Crippen molar-refractivity contribution in [3.63, 3.8) is 0 Å². The molecule has 0 fully saturated rings. The van der Waals surface area contributed by atoms with Crippen LogP contribution in [0.3, 0.4) is 0 Å². The molecule has 0 saturated carbocycles. The van der Waals surface area contributed by atoms with Crippen LogP contribution in [0.2, 0.25) is 0 Å². The van der Waals surface area contributed by atoms with E-state index in [1.165, 1.54) is 21.3 Å². The summed E-state index contributed by atoms with van der Waals surface area (Å²) >= 11 is 0. The van der Waals surface area contributed by atoms with Crippen LogP contribution < -0.4 is 0 Å². The highest BCUT2D eigenvalue weighted by molar-refractivity contribution is 5.91. The monoisotopic (exact) mass is 228 g/mol. The molecule has 16 heavy (non-hydrogen) atoms. The Bertz CT molecular complexity index is 366. The minimum Gasteiger partial charge on any atom is -0.497 e. The van der Waals surface area contributed by atoms with Crippen LogP contribution in [0.25, 0.3) is 0 Å². The van der Waals surface area contributed by atoms with Crippen LogP contribution in [-0.4, -0.2) is 33.3 Å². The standard InChI is InChI=1S/C10H12O6/c1-13-7-4-6(9(11)14-2)5-16-8(7)10(12)15-3/h5H,4H2,1-3H3. The van der Waals surface area contributed by atoms with Gasteiger partial charge in [-0.3, -0.25) is 0 Å². The predicted molar refractivity (Wildman–Crippen MR) is 51.9 cm³/mol. The SMILES string of the molecule is COC(=O)C1=COC(C(=O)OC)=C(OC)C1. The van der Waals surface area contributed by atoms with Crippen molar-refractivity contribution in [2.24, 2.45) is 0 Å². The molecule has 0 spiro atoms. The molecule has 0 amide bonds. The summed E-state index contributed by atoms with van der Waals surface area (Å²) < 4.78 is 19.0. The van der Waals surface area contributed by atoms with Crippen LogP contribution in [0.15, 0.2) is 23.4 Å². The van der Waals surface area contributed by atoms with E-state index in [1.807, 2.05) is 0 Å². The van der Waals surface area contributed by atoms with Crippen molar-refractivity contribution in [2.45, 2.75) is 6.42 Å². The Balaban J connectivity index is 2.87. The van der Waals surface area contributed by atoms with E-state index >= 15 is 0 Å². The highest BCUT2D eigenvalue weighted by Gasteiger charge is 2.26. The van der Waals surface area contributed by atoms with Gasteiger partial charge < -0.3 is 18.9 Å². The lowest BCUT2D eigenvalue weighted by Gasteiger charge is -2.17. The largest absolute Gasteiger partial charge is 0.497 e. The third kappa shape index (κ3) is 2.33.